The zero-order valence-electron chi connectivity index (χ0n) is 14.7. The van der Waals surface area contributed by atoms with E-state index in [2.05, 4.69) is 4.72 Å². The molecule has 1 aliphatic heterocycles. The molecule has 0 saturated carbocycles. The van der Waals surface area contributed by atoms with Crippen molar-refractivity contribution in [3.8, 4) is 5.75 Å². The van der Waals surface area contributed by atoms with Crippen LogP contribution in [0, 0.1) is 0 Å². The van der Waals surface area contributed by atoms with Gasteiger partial charge in [0, 0.05) is 5.56 Å². The molecular weight excluding hydrogens is 360 g/mol. The van der Waals surface area contributed by atoms with E-state index in [1.807, 2.05) is 60.7 Å². The van der Waals surface area contributed by atoms with Crippen LogP contribution < -0.4 is 9.46 Å². The molecule has 6 heteroatoms. The molecule has 0 bridgehead atoms. The van der Waals surface area contributed by atoms with Gasteiger partial charge in [0.05, 0.1) is 12.0 Å². The molecule has 1 atom stereocenters. The van der Waals surface area contributed by atoms with Crippen molar-refractivity contribution in [2.75, 3.05) is 7.11 Å². The first-order valence-electron chi connectivity index (χ1n) is 8.47. The Labute approximate surface area is 158 Å². The summed E-state index contributed by atoms with van der Waals surface area (Å²) in [4.78, 5) is 5.05. The topological polar surface area (TPSA) is 67.8 Å². The van der Waals surface area contributed by atoms with Gasteiger partial charge in [-0.05, 0) is 35.4 Å². The number of benzene rings is 3. The number of sulfonamides is 1. The molecule has 0 fully saturated rings. The van der Waals surface area contributed by atoms with Crippen LogP contribution in [-0.4, -0.2) is 21.4 Å². The van der Waals surface area contributed by atoms with E-state index in [1.165, 1.54) is 0 Å². The molecule has 27 heavy (non-hydrogen) atoms. The number of nitrogens with zero attached hydrogens (tertiary/aromatic N) is 1. The summed E-state index contributed by atoms with van der Waals surface area (Å²) in [7, 11) is -1.96. The van der Waals surface area contributed by atoms with E-state index in [0.717, 1.165) is 16.9 Å². The van der Waals surface area contributed by atoms with Crippen molar-refractivity contribution in [3.63, 3.8) is 0 Å². The van der Waals surface area contributed by atoms with Gasteiger partial charge in [-0.3, -0.25) is 9.71 Å². The second-order valence-corrected chi connectivity index (χ2v) is 7.82. The lowest BCUT2D eigenvalue weighted by Crippen LogP contribution is -2.23. The van der Waals surface area contributed by atoms with Crippen molar-refractivity contribution in [1.29, 1.82) is 0 Å². The lowest BCUT2D eigenvalue weighted by molar-refractivity contribution is 0.414. The first-order chi connectivity index (χ1) is 13.1. The molecule has 5 nitrogen and oxygen atoms in total. The minimum Gasteiger partial charge on any atom is -0.497 e. The molecule has 1 heterocycles. The van der Waals surface area contributed by atoms with Gasteiger partial charge in [0.2, 0.25) is 0 Å². The molecule has 3 aromatic rings. The Morgan fingerprint density at radius 3 is 2.19 bits per heavy atom. The van der Waals surface area contributed by atoms with Crippen LogP contribution in [0.5, 0.6) is 5.75 Å². The summed E-state index contributed by atoms with van der Waals surface area (Å²) in [6.07, 6.45) is 0. The number of ether oxygens (including phenoxy) is 1. The molecule has 0 aromatic heterocycles. The summed E-state index contributed by atoms with van der Waals surface area (Å²) in [5.41, 5.74) is 2.50. The highest BCUT2D eigenvalue weighted by Gasteiger charge is 2.31. The molecule has 4 rings (SSSR count). The first kappa shape index (κ1) is 17.3. The molecular formula is C21H18N2O3S. The van der Waals surface area contributed by atoms with Crippen LogP contribution in [0.25, 0.3) is 0 Å². The average Bonchev–Trinajstić information content (AvgIpc) is 2.97. The van der Waals surface area contributed by atoms with Gasteiger partial charge in [0.25, 0.3) is 10.0 Å². The Balaban J connectivity index is 1.84. The standard InChI is InChI=1S/C21H18N2O3S/c1-26-17-13-11-16(12-14-17)20(15-7-3-2-4-8-15)22-21-18-9-5-6-10-19(18)27(24,25)23-21/h2-14,20H,1H3,(H,22,23)/t20-/m1/s1. The third-order valence-electron chi connectivity index (χ3n) is 4.47. The van der Waals surface area contributed by atoms with Gasteiger partial charge in [-0.15, -0.1) is 0 Å². The Morgan fingerprint density at radius 2 is 1.48 bits per heavy atom. The summed E-state index contributed by atoms with van der Waals surface area (Å²) >= 11 is 0. The third kappa shape index (κ3) is 3.31. The van der Waals surface area contributed by atoms with Crippen LogP contribution in [0.2, 0.25) is 0 Å². The number of amidine groups is 1. The van der Waals surface area contributed by atoms with Crippen LogP contribution in [0.1, 0.15) is 22.7 Å². The van der Waals surface area contributed by atoms with E-state index in [0.29, 0.717) is 11.4 Å². The van der Waals surface area contributed by atoms with Gasteiger partial charge in [0.15, 0.2) is 0 Å². The summed E-state index contributed by atoms with van der Waals surface area (Å²) in [6, 6.07) is 23.9. The number of rotatable bonds is 4. The van der Waals surface area contributed by atoms with E-state index in [1.54, 1.807) is 25.3 Å². The van der Waals surface area contributed by atoms with Crippen molar-refractivity contribution in [3.05, 3.63) is 95.6 Å². The maximum atomic E-state index is 12.4. The Morgan fingerprint density at radius 1 is 0.852 bits per heavy atom. The molecule has 136 valence electrons. The van der Waals surface area contributed by atoms with Crippen LogP contribution in [-0.2, 0) is 10.0 Å². The maximum Gasteiger partial charge on any atom is 0.263 e. The molecule has 1 aliphatic rings. The second kappa shape index (κ2) is 6.89. The van der Waals surface area contributed by atoms with Crippen molar-refractivity contribution in [2.45, 2.75) is 10.9 Å². The fourth-order valence-electron chi connectivity index (χ4n) is 3.12. The summed E-state index contributed by atoms with van der Waals surface area (Å²) in [6.45, 7) is 0. The fraction of sp³-hybridized carbons (Fsp3) is 0.0952. The quantitative estimate of drug-likeness (QED) is 0.755. The highest BCUT2D eigenvalue weighted by atomic mass is 32.2. The van der Waals surface area contributed by atoms with Crippen LogP contribution in [0.4, 0.5) is 0 Å². The number of methoxy groups -OCH3 is 1. The molecule has 0 saturated heterocycles. The van der Waals surface area contributed by atoms with Gasteiger partial charge < -0.3 is 4.74 Å². The van der Waals surface area contributed by atoms with Crippen LogP contribution in [0.3, 0.4) is 0 Å². The molecule has 0 radical (unpaired) electrons. The molecule has 3 aromatic carbocycles. The lowest BCUT2D eigenvalue weighted by Gasteiger charge is -2.15. The maximum absolute atomic E-state index is 12.4. The molecule has 1 N–H and O–H groups in total. The zero-order valence-corrected chi connectivity index (χ0v) is 15.5. The zero-order chi connectivity index (χ0) is 18.9. The molecule has 0 spiro atoms. The minimum absolute atomic E-state index is 0.255. The third-order valence-corrected chi connectivity index (χ3v) is 5.86. The Kier molecular flexibility index (Phi) is 4.41. The molecule has 0 amide bonds. The normalized spacial score (nSPS) is 17.1. The minimum atomic E-state index is -3.58. The number of fused-ring (bicyclic) bond motifs is 1. The fourth-order valence-corrected chi connectivity index (χ4v) is 4.36. The van der Waals surface area contributed by atoms with Gasteiger partial charge in [-0.25, -0.2) is 8.42 Å². The number of nitrogens with one attached hydrogen (secondary N) is 1. The summed E-state index contributed by atoms with van der Waals surface area (Å²) in [5, 5.41) is 0. The van der Waals surface area contributed by atoms with E-state index in [4.69, 9.17) is 9.73 Å². The number of aliphatic imine (C=N–C) groups is 1. The Bertz CT molecular complexity index is 1090. The Hall–Kier alpha value is -3.12. The van der Waals surface area contributed by atoms with Crippen LogP contribution in [0.15, 0.2) is 88.8 Å². The van der Waals surface area contributed by atoms with E-state index < -0.39 is 10.0 Å². The lowest BCUT2D eigenvalue weighted by atomic mass is 9.99. The summed E-state index contributed by atoms with van der Waals surface area (Å²) in [5.74, 6) is 1.11. The molecule has 0 aliphatic carbocycles. The van der Waals surface area contributed by atoms with E-state index in [9.17, 15) is 8.42 Å². The number of hydrogen-bond donors (Lipinski definition) is 1. The van der Waals surface area contributed by atoms with Crippen molar-refractivity contribution < 1.29 is 13.2 Å². The van der Waals surface area contributed by atoms with Crippen LogP contribution >= 0.6 is 0 Å². The van der Waals surface area contributed by atoms with Gasteiger partial charge >= 0.3 is 0 Å². The number of hydrogen-bond acceptors (Lipinski definition) is 4. The monoisotopic (exact) mass is 378 g/mol. The van der Waals surface area contributed by atoms with E-state index >= 15 is 0 Å². The predicted molar refractivity (Wildman–Crippen MR) is 105 cm³/mol. The van der Waals surface area contributed by atoms with Gasteiger partial charge in [-0.2, -0.15) is 0 Å². The van der Waals surface area contributed by atoms with Gasteiger partial charge in [-0.1, -0.05) is 54.6 Å². The average molecular weight is 378 g/mol. The van der Waals surface area contributed by atoms with Crippen molar-refractivity contribution >= 4 is 15.9 Å². The predicted octanol–water partition coefficient (Wildman–Crippen LogP) is 3.52. The summed E-state index contributed by atoms with van der Waals surface area (Å²) < 4.78 is 32.6. The SMILES string of the molecule is COc1ccc([C@H](N=C2NS(=O)(=O)c3ccccc32)c2ccccc2)cc1. The van der Waals surface area contributed by atoms with Gasteiger partial charge in [0.1, 0.15) is 17.6 Å². The van der Waals surface area contributed by atoms with Crippen molar-refractivity contribution in [2.24, 2.45) is 4.99 Å². The molecule has 0 unspecified atom stereocenters. The van der Waals surface area contributed by atoms with Crippen molar-refractivity contribution in [1.82, 2.24) is 4.72 Å². The largest absolute Gasteiger partial charge is 0.497 e. The second-order valence-electron chi connectivity index (χ2n) is 6.17. The first-order valence-corrected chi connectivity index (χ1v) is 9.96. The van der Waals surface area contributed by atoms with E-state index in [-0.39, 0.29) is 10.9 Å². The highest BCUT2D eigenvalue weighted by Crippen LogP contribution is 2.30. The highest BCUT2D eigenvalue weighted by molar-refractivity contribution is 7.90. The smallest absolute Gasteiger partial charge is 0.263 e.